The molecular weight excluding hydrogens is 186 g/mol. The van der Waals surface area contributed by atoms with E-state index < -0.39 is 11.9 Å². The van der Waals surface area contributed by atoms with Crippen molar-refractivity contribution in [1.82, 2.24) is 15.1 Å². The lowest BCUT2D eigenvalue weighted by Crippen LogP contribution is -2.25. The zero-order valence-electron chi connectivity index (χ0n) is 7.94. The SMILES string of the molecule is CCNC(=O)c1nn(C)cc1C(=O)O. The van der Waals surface area contributed by atoms with Crippen molar-refractivity contribution in [2.45, 2.75) is 6.92 Å². The molecule has 0 aromatic carbocycles. The maximum atomic E-state index is 11.3. The highest BCUT2D eigenvalue weighted by atomic mass is 16.4. The zero-order valence-corrected chi connectivity index (χ0v) is 7.94. The van der Waals surface area contributed by atoms with Crippen LogP contribution in [0.25, 0.3) is 0 Å². The summed E-state index contributed by atoms with van der Waals surface area (Å²) in [7, 11) is 1.56. The highest BCUT2D eigenvalue weighted by molar-refractivity contribution is 6.03. The second-order valence-corrected chi connectivity index (χ2v) is 2.73. The molecule has 14 heavy (non-hydrogen) atoms. The lowest BCUT2D eigenvalue weighted by atomic mass is 10.2. The Morgan fingerprint density at radius 1 is 1.64 bits per heavy atom. The Balaban J connectivity index is 3.06. The number of nitrogens with one attached hydrogen (secondary N) is 1. The van der Waals surface area contributed by atoms with Gasteiger partial charge >= 0.3 is 5.97 Å². The summed E-state index contributed by atoms with van der Waals surface area (Å²) in [5.41, 5.74) is -0.139. The van der Waals surface area contributed by atoms with Crippen molar-refractivity contribution in [2.24, 2.45) is 7.05 Å². The zero-order chi connectivity index (χ0) is 10.7. The van der Waals surface area contributed by atoms with Gasteiger partial charge in [0.2, 0.25) is 0 Å². The van der Waals surface area contributed by atoms with Gasteiger partial charge in [-0.1, -0.05) is 0 Å². The Kier molecular flexibility index (Phi) is 2.85. The van der Waals surface area contributed by atoms with Crippen LogP contribution in [0.4, 0.5) is 0 Å². The normalized spacial score (nSPS) is 9.86. The van der Waals surface area contributed by atoms with Crippen molar-refractivity contribution in [1.29, 1.82) is 0 Å². The maximum Gasteiger partial charge on any atom is 0.339 e. The summed E-state index contributed by atoms with van der Waals surface area (Å²) < 4.78 is 1.30. The quantitative estimate of drug-likeness (QED) is 0.706. The molecule has 0 aliphatic rings. The minimum Gasteiger partial charge on any atom is -0.478 e. The van der Waals surface area contributed by atoms with Crippen molar-refractivity contribution >= 4 is 11.9 Å². The summed E-state index contributed by atoms with van der Waals surface area (Å²) in [4.78, 5) is 22.0. The van der Waals surface area contributed by atoms with E-state index in [0.29, 0.717) is 6.54 Å². The van der Waals surface area contributed by atoms with E-state index in [0.717, 1.165) is 0 Å². The van der Waals surface area contributed by atoms with Crippen LogP contribution >= 0.6 is 0 Å². The van der Waals surface area contributed by atoms with Gasteiger partial charge in [-0.05, 0) is 6.92 Å². The molecule has 1 amide bonds. The fraction of sp³-hybridized carbons (Fsp3) is 0.375. The van der Waals surface area contributed by atoms with Crippen LogP contribution in [-0.2, 0) is 7.05 Å². The highest BCUT2D eigenvalue weighted by Crippen LogP contribution is 2.05. The number of aryl methyl sites for hydroxylation is 1. The van der Waals surface area contributed by atoms with Crippen LogP contribution < -0.4 is 5.32 Å². The number of amides is 1. The molecule has 0 radical (unpaired) electrons. The number of carboxylic acid groups (broad SMARTS) is 1. The molecule has 0 fully saturated rings. The van der Waals surface area contributed by atoms with Crippen LogP contribution in [-0.4, -0.2) is 33.3 Å². The molecule has 0 bridgehead atoms. The second-order valence-electron chi connectivity index (χ2n) is 2.73. The summed E-state index contributed by atoms with van der Waals surface area (Å²) in [5.74, 6) is -1.62. The highest BCUT2D eigenvalue weighted by Gasteiger charge is 2.19. The van der Waals surface area contributed by atoms with E-state index in [4.69, 9.17) is 5.11 Å². The van der Waals surface area contributed by atoms with Gasteiger partial charge in [0.05, 0.1) is 0 Å². The number of nitrogens with zero attached hydrogens (tertiary/aromatic N) is 2. The van der Waals surface area contributed by atoms with Gasteiger partial charge in [-0.25, -0.2) is 4.79 Å². The predicted octanol–water partition coefficient (Wildman–Crippen LogP) is -0.132. The number of carboxylic acids is 1. The third-order valence-electron chi connectivity index (χ3n) is 1.61. The third kappa shape index (κ3) is 1.90. The van der Waals surface area contributed by atoms with Crippen LogP contribution in [0.1, 0.15) is 27.8 Å². The Labute approximate surface area is 80.5 Å². The number of aromatic carboxylic acids is 1. The number of carbonyl (C=O) groups excluding carboxylic acids is 1. The number of carbonyl (C=O) groups is 2. The first-order valence-corrected chi connectivity index (χ1v) is 4.11. The minimum atomic E-state index is -1.15. The fourth-order valence-electron chi connectivity index (χ4n) is 1.06. The minimum absolute atomic E-state index is 0.0538. The molecule has 1 heterocycles. The van der Waals surface area contributed by atoms with Crippen LogP contribution in [0.3, 0.4) is 0 Å². The van der Waals surface area contributed by atoms with E-state index in [2.05, 4.69) is 10.4 Å². The van der Waals surface area contributed by atoms with E-state index >= 15 is 0 Å². The molecule has 76 valence electrons. The van der Waals surface area contributed by atoms with Gasteiger partial charge in [0.25, 0.3) is 5.91 Å². The van der Waals surface area contributed by atoms with Gasteiger partial charge in [-0.3, -0.25) is 9.48 Å². The molecule has 0 saturated carbocycles. The molecule has 1 aromatic rings. The molecule has 1 rings (SSSR count). The Bertz CT molecular complexity index is 370. The molecule has 0 aliphatic carbocycles. The van der Waals surface area contributed by atoms with E-state index in [9.17, 15) is 9.59 Å². The van der Waals surface area contributed by atoms with Crippen molar-refractivity contribution < 1.29 is 14.7 Å². The molecule has 1 aromatic heterocycles. The smallest absolute Gasteiger partial charge is 0.339 e. The third-order valence-corrected chi connectivity index (χ3v) is 1.61. The molecule has 0 aliphatic heterocycles. The standard InChI is InChI=1S/C8H11N3O3/c1-3-9-7(12)6-5(8(13)14)4-11(2)10-6/h4H,3H2,1-2H3,(H,9,12)(H,13,14). The molecule has 0 unspecified atom stereocenters. The summed E-state index contributed by atoms with van der Waals surface area (Å²) >= 11 is 0. The van der Waals surface area contributed by atoms with Crippen molar-refractivity contribution in [3.8, 4) is 0 Å². The molecular formula is C8H11N3O3. The Morgan fingerprint density at radius 3 is 2.79 bits per heavy atom. The van der Waals surface area contributed by atoms with Gasteiger partial charge < -0.3 is 10.4 Å². The van der Waals surface area contributed by atoms with Crippen LogP contribution in [0.5, 0.6) is 0 Å². The summed E-state index contributed by atoms with van der Waals surface area (Å²) in [5, 5.41) is 15.0. The molecule has 0 saturated heterocycles. The van der Waals surface area contributed by atoms with Crippen molar-refractivity contribution in [3.63, 3.8) is 0 Å². The molecule has 0 spiro atoms. The summed E-state index contributed by atoms with van der Waals surface area (Å²) in [6.07, 6.45) is 1.30. The van der Waals surface area contributed by atoms with Crippen LogP contribution in [0.2, 0.25) is 0 Å². The van der Waals surface area contributed by atoms with E-state index in [1.54, 1.807) is 14.0 Å². The van der Waals surface area contributed by atoms with Gasteiger partial charge in [-0.2, -0.15) is 5.10 Å². The Hall–Kier alpha value is -1.85. The number of aromatic nitrogens is 2. The summed E-state index contributed by atoms with van der Waals surface area (Å²) in [6, 6.07) is 0. The molecule has 6 heteroatoms. The van der Waals surface area contributed by atoms with Crippen LogP contribution in [0.15, 0.2) is 6.20 Å². The largest absolute Gasteiger partial charge is 0.478 e. The van der Waals surface area contributed by atoms with Gasteiger partial charge in [0, 0.05) is 19.8 Å². The molecule has 0 atom stereocenters. The molecule has 2 N–H and O–H groups in total. The average molecular weight is 197 g/mol. The second kappa shape index (κ2) is 3.91. The Morgan fingerprint density at radius 2 is 2.29 bits per heavy atom. The lowest BCUT2D eigenvalue weighted by Gasteiger charge is -1.98. The average Bonchev–Trinajstić information content (AvgIpc) is 2.48. The number of hydrogen-bond donors (Lipinski definition) is 2. The first-order valence-electron chi connectivity index (χ1n) is 4.11. The first kappa shape index (κ1) is 10.2. The van der Waals surface area contributed by atoms with Crippen molar-refractivity contribution in [2.75, 3.05) is 6.54 Å². The monoisotopic (exact) mass is 197 g/mol. The van der Waals surface area contributed by atoms with Crippen molar-refractivity contribution in [3.05, 3.63) is 17.5 Å². The fourth-order valence-corrected chi connectivity index (χ4v) is 1.06. The van der Waals surface area contributed by atoms with Crippen LogP contribution in [0, 0.1) is 0 Å². The van der Waals surface area contributed by atoms with Gasteiger partial charge in [-0.15, -0.1) is 0 Å². The number of rotatable bonds is 3. The van der Waals surface area contributed by atoms with Gasteiger partial charge in [0.15, 0.2) is 5.69 Å². The van der Waals surface area contributed by atoms with E-state index in [1.165, 1.54) is 10.9 Å². The van der Waals surface area contributed by atoms with E-state index in [1.807, 2.05) is 0 Å². The topological polar surface area (TPSA) is 84.2 Å². The first-order chi connectivity index (χ1) is 6.56. The predicted molar refractivity (Wildman–Crippen MR) is 48.2 cm³/mol. The molecule has 6 nitrogen and oxygen atoms in total. The number of hydrogen-bond acceptors (Lipinski definition) is 3. The summed E-state index contributed by atoms with van der Waals surface area (Å²) in [6.45, 7) is 2.19. The maximum absolute atomic E-state index is 11.3. The lowest BCUT2D eigenvalue weighted by molar-refractivity contribution is 0.0691. The van der Waals surface area contributed by atoms with Gasteiger partial charge in [0.1, 0.15) is 5.56 Å². The van der Waals surface area contributed by atoms with E-state index in [-0.39, 0.29) is 11.3 Å².